The smallest absolute Gasteiger partial charge is 0.0956 e. The standard InChI is InChI=1S/C17H27NO/c1-5-14(6-2)16-10-18-11-17(19-16)15-9-12(3)7-8-13(15)4/h7-9,14,16-18H,5-6,10-11H2,1-4H3. The zero-order valence-electron chi connectivity index (χ0n) is 12.7. The molecule has 0 spiro atoms. The molecule has 2 rings (SSSR count). The molecular formula is C17H27NO. The third-order valence-corrected chi connectivity index (χ3v) is 4.37. The molecule has 0 aromatic heterocycles. The van der Waals surface area contributed by atoms with Crippen LogP contribution in [-0.2, 0) is 4.74 Å². The fourth-order valence-corrected chi connectivity index (χ4v) is 3.05. The first-order valence-electron chi connectivity index (χ1n) is 7.59. The van der Waals surface area contributed by atoms with Crippen molar-refractivity contribution in [2.24, 2.45) is 5.92 Å². The lowest BCUT2D eigenvalue weighted by Gasteiger charge is -2.36. The molecule has 2 heteroatoms. The van der Waals surface area contributed by atoms with Gasteiger partial charge in [-0.3, -0.25) is 0 Å². The van der Waals surface area contributed by atoms with E-state index in [-0.39, 0.29) is 6.10 Å². The fourth-order valence-electron chi connectivity index (χ4n) is 3.05. The molecule has 1 aliphatic heterocycles. The minimum atomic E-state index is 0.208. The molecule has 1 aromatic rings. The van der Waals surface area contributed by atoms with Gasteiger partial charge in [-0.25, -0.2) is 0 Å². The van der Waals surface area contributed by atoms with E-state index in [2.05, 4.69) is 51.2 Å². The Balaban J connectivity index is 2.14. The molecule has 1 saturated heterocycles. The van der Waals surface area contributed by atoms with Crippen molar-refractivity contribution in [2.75, 3.05) is 13.1 Å². The van der Waals surface area contributed by atoms with Gasteiger partial charge in [0.25, 0.3) is 0 Å². The Bertz CT molecular complexity index is 412. The van der Waals surface area contributed by atoms with Gasteiger partial charge in [0.1, 0.15) is 0 Å². The van der Waals surface area contributed by atoms with Crippen LogP contribution in [0.25, 0.3) is 0 Å². The zero-order valence-corrected chi connectivity index (χ0v) is 12.7. The Morgan fingerprint density at radius 1 is 1.21 bits per heavy atom. The van der Waals surface area contributed by atoms with E-state index in [1.165, 1.54) is 29.5 Å². The predicted molar refractivity (Wildman–Crippen MR) is 80.5 cm³/mol. The van der Waals surface area contributed by atoms with Crippen molar-refractivity contribution in [3.8, 4) is 0 Å². The number of rotatable bonds is 4. The van der Waals surface area contributed by atoms with Gasteiger partial charge >= 0.3 is 0 Å². The number of benzene rings is 1. The van der Waals surface area contributed by atoms with Crippen LogP contribution < -0.4 is 5.32 Å². The second-order valence-corrected chi connectivity index (χ2v) is 5.76. The molecule has 1 heterocycles. The van der Waals surface area contributed by atoms with Gasteiger partial charge in [-0.2, -0.15) is 0 Å². The Morgan fingerprint density at radius 2 is 1.95 bits per heavy atom. The number of aryl methyl sites for hydroxylation is 2. The molecule has 1 N–H and O–H groups in total. The molecule has 106 valence electrons. The van der Waals surface area contributed by atoms with E-state index in [4.69, 9.17) is 4.74 Å². The molecule has 0 saturated carbocycles. The number of ether oxygens (including phenoxy) is 1. The number of nitrogens with one attached hydrogen (secondary N) is 1. The van der Waals surface area contributed by atoms with Crippen LogP contribution in [0, 0.1) is 19.8 Å². The minimum absolute atomic E-state index is 0.208. The van der Waals surface area contributed by atoms with E-state index < -0.39 is 0 Å². The summed E-state index contributed by atoms with van der Waals surface area (Å²) < 4.78 is 6.39. The molecular weight excluding hydrogens is 234 g/mol. The fraction of sp³-hybridized carbons (Fsp3) is 0.647. The van der Waals surface area contributed by atoms with Crippen molar-refractivity contribution < 1.29 is 4.74 Å². The van der Waals surface area contributed by atoms with Crippen molar-refractivity contribution in [2.45, 2.75) is 52.7 Å². The minimum Gasteiger partial charge on any atom is -0.367 e. The molecule has 0 radical (unpaired) electrons. The summed E-state index contributed by atoms with van der Waals surface area (Å²) in [5.74, 6) is 0.667. The molecule has 2 nitrogen and oxygen atoms in total. The summed E-state index contributed by atoms with van der Waals surface area (Å²) in [5.41, 5.74) is 4.00. The summed E-state index contributed by atoms with van der Waals surface area (Å²) in [7, 11) is 0. The maximum absolute atomic E-state index is 6.39. The first-order chi connectivity index (χ1) is 9.15. The van der Waals surface area contributed by atoms with Crippen LogP contribution in [0.4, 0.5) is 0 Å². The van der Waals surface area contributed by atoms with Crippen molar-refractivity contribution in [1.82, 2.24) is 5.32 Å². The van der Waals surface area contributed by atoms with Crippen LogP contribution in [0.2, 0.25) is 0 Å². The SMILES string of the molecule is CCC(CC)C1CNCC(c2cc(C)ccc2C)O1. The van der Waals surface area contributed by atoms with E-state index in [0.717, 1.165) is 13.1 Å². The van der Waals surface area contributed by atoms with E-state index >= 15 is 0 Å². The van der Waals surface area contributed by atoms with Crippen molar-refractivity contribution in [3.63, 3.8) is 0 Å². The Kier molecular flexibility index (Phi) is 5.00. The summed E-state index contributed by atoms with van der Waals surface area (Å²) in [6.07, 6.45) is 2.96. The second kappa shape index (κ2) is 6.53. The highest BCUT2D eigenvalue weighted by atomic mass is 16.5. The van der Waals surface area contributed by atoms with Crippen LogP contribution in [0.15, 0.2) is 18.2 Å². The molecule has 1 aromatic carbocycles. The molecule has 2 atom stereocenters. The van der Waals surface area contributed by atoms with Crippen molar-refractivity contribution >= 4 is 0 Å². The molecule has 1 aliphatic rings. The first kappa shape index (κ1) is 14.5. The normalized spacial score (nSPS) is 23.8. The summed E-state index contributed by atoms with van der Waals surface area (Å²) >= 11 is 0. The quantitative estimate of drug-likeness (QED) is 0.891. The summed E-state index contributed by atoms with van der Waals surface area (Å²) in [6, 6.07) is 6.65. The van der Waals surface area contributed by atoms with Gasteiger partial charge < -0.3 is 10.1 Å². The predicted octanol–water partition coefficient (Wildman–Crippen LogP) is 3.77. The lowest BCUT2D eigenvalue weighted by Crippen LogP contribution is -2.44. The molecule has 1 fully saturated rings. The van der Waals surface area contributed by atoms with Gasteiger partial charge in [0.15, 0.2) is 0 Å². The summed E-state index contributed by atoms with van der Waals surface area (Å²) in [4.78, 5) is 0. The van der Waals surface area contributed by atoms with Gasteiger partial charge in [-0.1, -0.05) is 50.5 Å². The lowest BCUT2D eigenvalue weighted by atomic mass is 9.93. The van der Waals surface area contributed by atoms with Gasteiger partial charge in [0.2, 0.25) is 0 Å². The van der Waals surface area contributed by atoms with E-state index in [9.17, 15) is 0 Å². The Hall–Kier alpha value is -0.860. The van der Waals surface area contributed by atoms with Crippen molar-refractivity contribution in [1.29, 1.82) is 0 Å². The summed E-state index contributed by atoms with van der Waals surface area (Å²) in [6.45, 7) is 10.8. The van der Waals surface area contributed by atoms with Gasteiger partial charge in [-0.05, 0) is 30.9 Å². The van der Waals surface area contributed by atoms with E-state index in [1.807, 2.05) is 0 Å². The highest BCUT2D eigenvalue weighted by Crippen LogP contribution is 2.29. The average molecular weight is 261 g/mol. The van der Waals surface area contributed by atoms with Crippen LogP contribution >= 0.6 is 0 Å². The zero-order chi connectivity index (χ0) is 13.8. The second-order valence-electron chi connectivity index (χ2n) is 5.76. The van der Waals surface area contributed by atoms with Crippen LogP contribution in [0.3, 0.4) is 0 Å². The van der Waals surface area contributed by atoms with E-state index in [0.29, 0.717) is 12.0 Å². The Morgan fingerprint density at radius 3 is 2.63 bits per heavy atom. The monoisotopic (exact) mass is 261 g/mol. The van der Waals surface area contributed by atoms with Crippen LogP contribution in [-0.4, -0.2) is 19.2 Å². The van der Waals surface area contributed by atoms with Crippen molar-refractivity contribution in [3.05, 3.63) is 34.9 Å². The summed E-state index contributed by atoms with van der Waals surface area (Å²) in [5, 5.41) is 3.55. The number of morpholine rings is 1. The molecule has 2 unspecified atom stereocenters. The van der Waals surface area contributed by atoms with Gasteiger partial charge in [0, 0.05) is 13.1 Å². The average Bonchev–Trinajstić information content (AvgIpc) is 2.43. The molecule has 0 aliphatic carbocycles. The number of hydrogen-bond acceptors (Lipinski definition) is 2. The van der Waals surface area contributed by atoms with E-state index in [1.54, 1.807) is 0 Å². The van der Waals surface area contributed by atoms with Crippen LogP contribution in [0.5, 0.6) is 0 Å². The molecule has 0 bridgehead atoms. The lowest BCUT2D eigenvalue weighted by molar-refractivity contribution is -0.0690. The maximum atomic E-state index is 6.39. The maximum Gasteiger partial charge on any atom is 0.0956 e. The van der Waals surface area contributed by atoms with Crippen LogP contribution in [0.1, 0.15) is 49.5 Å². The molecule has 19 heavy (non-hydrogen) atoms. The number of hydrogen-bond donors (Lipinski definition) is 1. The third kappa shape index (κ3) is 3.37. The van der Waals surface area contributed by atoms with Gasteiger partial charge in [-0.15, -0.1) is 0 Å². The largest absolute Gasteiger partial charge is 0.367 e. The first-order valence-corrected chi connectivity index (χ1v) is 7.59. The highest BCUT2D eigenvalue weighted by molar-refractivity contribution is 5.32. The third-order valence-electron chi connectivity index (χ3n) is 4.37. The highest BCUT2D eigenvalue weighted by Gasteiger charge is 2.28. The topological polar surface area (TPSA) is 21.3 Å². The Labute approximate surface area is 117 Å². The molecule has 0 amide bonds. The van der Waals surface area contributed by atoms with Gasteiger partial charge in [0.05, 0.1) is 12.2 Å².